The van der Waals surface area contributed by atoms with Gasteiger partial charge < -0.3 is 5.32 Å². The molecule has 1 N–H and O–H groups in total. The third kappa shape index (κ3) is 2.53. The van der Waals surface area contributed by atoms with Gasteiger partial charge in [0.15, 0.2) is 10.8 Å². The van der Waals surface area contributed by atoms with Gasteiger partial charge in [-0.3, -0.25) is 0 Å². The van der Waals surface area contributed by atoms with E-state index < -0.39 is 0 Å². The first-order valence-electron chi connectivity index (χ1n) is 4.87. The summed E-state index contributed by atoms with van der Waals surface area (Å²) in [6, 6.07) is 0. The Kier molecular flexibility index (Phi) is 3.29. The second-order valence-corrected chi connectivity index (χ2v) is 3.97. The first-order chi connectivity index (χ1) is 7.40. The minimum atomic E-state index is 0.676. The van der Waals surface area contributed by atoms with Crippen LogP contribution in [-0.2, 0) is 0 Å². The number of aromatic nitrogens is 3. The second kappa shape index (κ2) is 4.88. The highest BCUT2D eigenvalue weighted by molar-refractivity contribution is 7.14. The van der Waals surface area contributed by atoms with Crippen LogP contribution in [0.1, 0.15) is 19.8 Å². The molecule has 15 heavy (non-hydrogen) atoms. The SMILES string of the molecule is CCCCNc1nc(-c2cnon2)cs1. The maximum absolute atomic E-state index is 4.52. The molecular formula is C9H12N4OS. The Morgan fingerprint density at radius 1 is 1.47 bits per heavy atom. The van der Waals surface area contributed by atoms with Gasteiger partial charge in [-0.05, 0) is 11.6 Å². The monoisotopic (exact) mass is 224 g/mol. The predicted molar refractivity (Wildman–Crippen MR) is 58.8 cm³/mol. The van der Waals surface area contributed by atoms with Gasteiger partial charge in [0.25, 0.3) is 0 Å². The number of hydrogen-bond acceptors (Lipinski definition) is 6. The molecule has 0 aromatic carbocycles. The highest BCUT2D eigenvalue weighted by Crippen LogP contribution is 2.22. The highest BCUT2D eigenvalue weighted by atomic mass is 32.1. The standard InChI is InChI=1S/C9H12N4OS/c1-2-3-4-10-9-12-8(6-15-9)7-5-11-14-13-7/h5-6H,2-4H2,1H3,(H,10,12). The summed E-state index contributed by atoms with van der Waals surface area (Å²) >= 11 is 1.57. The van der Waals surface area contributed by atoms with Gasteiger partial charge in [0.05, 0.1) is 0 Å². The van der Waals surface area contributed by atoms with Crippen molar-refractivity contribution in [3.05, 3.63) is 11.6 Å². The molecule has 0 saturated carbocycles. The van der Waals surface area contributed by atoms with Gasteiger partial charge in [-0.2, -0.15) is 0 Å². The molecule has 0 atom stereocenters. The van der Waals surface area contributed by atoms with Gasteiger partial charge in [0.1, 0.15) is 11.9 Å². The summed E-state index contributed by atoms with van der Waals surface area (Å²) in [4.78, 5) is 4.37. The molecule has 0 aliphatic rings. The summed E-state index contributed by atoms with van der Waals surface area (Å²) in [5, 5.41) is 13.4. The minimum Gasteiger partial charge on any atom is -0.362 e. The molecule has 0 fully saturated rings. The van der Waals surface area contributed by atoms with Crippen LogP contribution in [0.5, 0.6) is 0 Å². The van der Waals surface area contributed by atoms with Crippen molar-refractivity contribution in [1.29, 1.82) is 0 Å². The van der Waals surface area contributed by atoms with Crippen molar-refractivity contribution in [2.75, 3.05) is 11.9 Å². The molecule has 2 rings (SSSR count). The van der Waals surface area contributed by atoms with E-state index in [9.17, 15) is 0 Å². The van der Waals surface area contributed by atoms with Crippen LogP contribution in [0.25, 0.3) is 11.4 Å². The van der Waals surface area contributed by atoms with Gasteiger partial charge in [-0.25, -0.2) is 9.61 Å². The van der Waals surface area contributed by atoms with Gasteiger partial charge in [-0.1, -0.05) is 18.5 Å². The summed E-state index contributed by atoms with van der Waals surface area (Å²) in [6.45, 7) is 3.12. The molecular weight excluding hydrogens is 212 g/mol. The number of nitrogens with zero attached hydrogens (tertiary/aromatic N) is 3. The van der Waals surface area contributed by atoms with E-state index in [0.717, 1.165) is 23.8 Å². The molecule has 0 saturated heterocycles. The number of rotatable bonds is 5. The van der Waals surface area contributed by atoms with E-state index in [0.29, 0.717) is 5.69 Å². The van der Waals surface area contributed by atoms with Crippen molar-refractivity contribution in [1.82, 2.24) is 15.3 Å². The molecule has 0 amide bonds. The molecule has 2 aromatic rings. The lowest BCUT2D eigenvalue weighted by Crippen LogP contribution is -1.99. The van der Waals surface area contributed by atoms with Crippen molar-refractivity contribution < 1.29 is 4.63 Å². The zero-order chi connectivity index (χ0) is 10.5. The van der Waals surface area contributed by atoms with Crippen molar-refractivity contribution >= 4 is 16.5 Å². The van der Waals surface area contributed by atoms with Crippen LogP contribution in [0.2, 0.25) is 0 Å². The minimum absolute atomic E-state index is 0.676. The Hall–Kier alpha value is -1.43. The third-order valence-corrected chi connectivity index (χ3v) is 2.73. The summed E-state index contributed by atoms with van der Waals surface area (Å²) in [7, 11) is 0. The number of anilines is 1. The summed E-state index contributed by atoms with van der Waals surface area (Å²) in [5.74, 6) is 0. The zero-order valence-electron chi connectivity index (χ0n) is 8.43. The second-order valence-electron chi connectivity index (χ2n) is 3.11. The molecule has 0 bridgehead atoms. The molecule has 0 radical (unpaired) electrons. The maximum Gasteiger partial charge on any atom is 0.183 e. The lowest BCUT2D eigenvalue weighted by atomic mass is 10.3. The Bertz CT molecular complexity index is 398. The summed E-state index contributed by atoms with van der Waals surface area (Å²) < 4.78 is 4.52. The Balaban J connectivity index is 1.98. The van der Waals surface area contributed by atoms with Crippen LogP contribution in [0, 0.1) is 0 Å². The van der Waals surface area contributed by atoms with Crippen LogP contribution in [0.4, 0.5) is 5.13 Å². The molecule has 2 aromatic heterocycles. The number of nitrogens with one attached hydrogen (secondary N) is 1. The van der Waals surface area contributed by atoms with Gasteiger partial charge >= 0.3 is 0 Å². The first kappa shape index (κ1) is 10.1. The quantitative estimate of drug-likeness (QED) is 0.790. The van der Waals surface area contributed by atoms with Crippen molar-refractivity contribution in [3.63, 3.8) is 0 Å². The fourth-order valence-electron chi connectivity index (χ4n) is 1.12. The largest absolute Gasteiger partial charge is 0.362 e. The smallest absolute Gasteiger partial charge is 0.183 e. The Labute approximate surface area is 91.5 Å². The summed E-state index contributed by atoms with van der Waals surface area (Å²) in [6.07, 6.45) is 3.89. The van der Waals surface area contributed by atoms with Gasteiger partial charge in [0.2, 0.25) is 0 Å². The topological polar surface area (TPSA) is 63.8 Å². The van der Waals surface area contributed by atoms with E-state index in [-0.39, 0.29) is 0 Å². The average molecular weight is 224 g/mol. The molecule has 6 heteroatoms. The van der Waals surface area contributed by atoms with Crippen LogP contribution in [0.15, 0.2) is 16.2 Å². The van der Waals surface area contributed by atoms with E-state index in [2.05, 4.69) is 32.2 Å². The molecule has 5 nitrogen and oxygen atoms in total. The Morgan fingerprint density at radius 3 is 3.13 bits per heavy atom. The predicted octanol–water partition coefficient (Wildman–Crippen LogP) is 2.41. The first-order valence-corrected chi connectivity index (χ1v) is 5.75. The van der Waals surface area contributed by atoms with E-state index in [1.165, 1.54) is 6.42 Å². The van der Waals surface area contributed by atoms with Crippen molar-refractivity contribution in [2.24, 2.45) is 0 Å². The highest BCUT2D eigenvalue weighted by Gasteiger charge is 2.06. The van der Waals surface area contributed by atoms with E-state index in [4.69, 9.17) is 0 Å². The lowest BCUT2D eigenvalue weighted by molar-refractivity contribution is 0.308. The molecule has 80 valence electrons. The van der Waals surface area contributed by atoms with Gasteiger partial charge in [-0.15, -0.1) is 11.3 Å². The summed E-state index contributed by atoms with van der Waals surface area (Å²) in [5.41, 5.74) is 1.48. The van der Waals surface area contributed by atoms with Crippen molar-refractivity contribution in [3.8, 4) is 11.4 Å². The number of thiazole rings is 1. The number of unbranched alkanes of at least 4 members (excludes halogenated alkanes) is 1. The van der Waals surface area contributed by atoms with Crippen LogP contribution in [-0.4, -0.2) is 21.8 Å². The van der Waals surface area contributed by atoms with E-state index >= 15 is 0 Å². The number of hydrogen-bond donors (Lipinski definition) is 1. The molecule has 2 heterocycles. The normalized spacial score (nSPS) is 10.5. The molecule has 0 aliphatic carbocycles. The fourth-order valence-corrected chi connectivity index (χ4v) is 1.86. The van der Waals surface area contributed by atoms with Gasteiger partial charge in [0, 0.05) is 11.9 Å². The Morgan fingerprint density at radius 2 is 2.40 bits per heavy atom. The van der Waals surface area contributed by atoms with E-state index in [1.807, 2.05) is 5.38 Å². The fraction of sp³-hybridized carbons (Fsp3) is 0.444. The molecule has 0 aliphatic heterocycles. The van der Waals surface area contributed by atoms with Crippen LogP contribution < -0.4 is 5.32 Å². The zero-order valence-corrected chi connectivity index (χ0v) is 9.25. The lowest BCUT2D eigenvalue weighted by Gasteiger charge is -1.98. The van der Waals surface area contributed by atoms with Crippen LogP contribution >= 0.6 is 11.3 Å². The third-order valence-electron chi connectivity index (χ3n) is 1.93. The molecule has 0 unspecified atom stereocenters. The average Bonchev–Trinajstić information content (AvgIpc) is 2.87. The van der Waals surface area contributed by atoms with Crippen molar-refractivity contribution in [2.45, 2.75) is 19.8 Å². The molecule has 0 spiro atoms. The maximum atomic E-state index is 4.52. The van der Waals surface area contributed by atoms with Crippen LogP contribution in [0.3, 0.4) is 0 Å². The van der Waals surface area contributed by atoms with E-state index in [1.54, 1.807) is 17.5 Å².